The van der Waals surface area contributed by atoms with Gasteiger partial charge in [-0.15, -0.1) is 0 Å². The summed E-state index contributed by atoms with van der Waals surface area (Å²) < 4.78 is 5.38. The SMILES string of the molecule is CO[S+](C)c1ccc(/C=C2/C(C)=Cc3ccccc32)cc1. The quantitative estimate of drug-likeness (QED) is 0.738. The van der Waals surface area contributed by atoms with Crippen LogP contribution in [0.25, 0.3) is 17.7 Å². The predicted octanol–water partition coefficient (Wildman–Crippen LogP) is 4.81. The number of allylic oxidation sites excluding steroid dienone is 2. The Morgan fingerprint density at radius 3 is 2.43 bits per heavy atom. The van der Waals surface area contributed by atoms with E-state index in [-0.39, 0.29) is 11.2 Å². The fraction of sp³-hybridized carbons (Fsp3) is 0.158. The van der Waals surface area contributed by atoms with E-state index in [0.717, 1.165) is 0 Å². The van der Waals surface area contributed by atoms with E-state index in [4.69, 9.17) is 4.18 Å². The van der Waals surface area contributed by atoms with Crippen molar-refractivity contribution in [1.29, 1.82) is 0 Å². The molecule has 0 heterocycles. The fourth-order valence-corrected chi connectivity index (χ4v) is 3.31. The van der Waals surface area contributed by atoms with Gasteiger partial charge in [0, 0.05) is 0 Å². The molecule has 0 bridgehead atoms. The Balaban J connectivity index is 1.94. The second kappa shape index (κ2) is 5.92. The Labute approximate surface area is 129 Å². The van der Waals surface area contributed by atoms with Crippen LogP contribution in [0.15, 0.2) is 59.0 Å². The first kappa shape index (κ1) is 14.2. The van der Waals surface area contributed by atoms with Crippen molar-refractivity contribution in [3.05, 3.63) is 70.8 Å². The molecule has 1 aliphatic rings. The van der Waals surface area contributed by atoms with Gasteiger partial charge in [0.25, 0.3) is 0 Å². The molecule has 106 valence electrons. The summed E-state index contributed by atoms with van der Waals surface area (Å²) in [7, 11) is 1.75. The van der Waals surface area contributed by atoms with Crippen LogP contribution in [0, 0.1) is 0 Å². The number of benzene rings is 2. The lowest BCUT2D eigenvalue weighted by atomic mass is 10.0. The van der Waals surface area contributed by atoms with E-state index in [2.05, 4.69) is 73.9 Å². The van der Waals surface area contributed by atoms with Crippen molar-refractivity contribution in [1.82, 2.24) is 0 Å². The second-order valence-electron chi connectivity index (χ2n) is 5.16. The first-order valence-electron chi connectivity index (χ1n) is 6.99. The maximum atomic E-state index is 5.38. The standard InChI is InChI=1S/C19H19OS/c1-14-12-16-6-4-5-7-18(16)19(14)13-15-8-10-17(11-9-15)21(3)20-2/h4-13H,1-3H3/q+1/b19-13-. The molecule has 0 aliphatic heterocycles. The van der Waals surface area contributed by atoms with Gasteiger partial charge in [-0.3, -0.25) is 0 Å². The van der Waals surface area contributed by atoms with Gasteiger partial charge in [-0.1, -0.05) is 30.3 Å². The van der Waals surface area contributed by atoms with Gasteiger partial charge in [-0.25, -0.2) is 0 Å². The van der Waals surface area contributed by atoms with Crippen LogP contribution >= 0.6 is 0 Å². The summed E-state index contributed by atoms with van der Waals surface area (Å²) in [5.41, 5.74) is 6.51. The van der Waals surface area contributed by atoms with Gasteiger partial charge in [0.15, 0.2) is 16.1 Å². The first-order chi connectivity index (χ1) is 10.2. The predicted molar refractivity (Wildman–Crippen MR) is 93.0 cm³/mol. The average Bonchev–Trinajstić information content (AvgIpc) is 2.83. The number of fused-ring (bicyclic) bond motifs is 1. The topological polar surface area (TPSA) is 9.23 Å². The van der Waals surface area contributed by atoms with Gasteiger partial charge < -0.3 is 0 Å². The third-order valence-electron chi connectivity index (χ3n) is 3.82. The van der Waals surface area contributed by atoms with E-state index in [1.807, 2.05) is 0 Å². The minimum Gasteiger partial charge on any atom is -0.171 e. The molecule has 0 amide bonds. The average molecular weight is 295 g/mol. The molecule has 0 fully saturated rings. The van der Waals surface area contributed by atoms with Gasteiger partial charge in [-0.05, 0) is 65.1 Å². The normalized spacial score (nSPS) is 16.7. The van der Waals surface area contributed by atoms with Crippen LogP contribution in [-0.2, 0) is 15.4 Å². The van der Waals surface area contributed by atoms with Gasteiger partial charge >= 0.3 is 0 Å². The van der Waals surface area contributed by atoms with Crippen LogP contribution in [0.5, 0.6) is 0 Å². The van der Waals surface area contributed by atoms with E-state index in [9.17, 15) is 0 Å². The molecular formula is C19H19OS+. The Kier molecular flexibility index (Phi) is 4.00. The summed E-state index contributed by atoms with van der Waals surface area (Å²) in [6, 6.07) is 17.2. The van der Waals surface area contributed by atoms with Crippen molar-refractivity contribution in [2.75, 3.05) is 13.4 Å². The van der Waals surface area contributed by atoms with Crippen LogP contribution in [0.4, 0.5) is 0 Å². The van der Waals surface area contributed by atoms with Gasteiger partial charge in [0.05, 0.1) is 7.11 Å². The zero-order valence-corrected chi connectivity index (χ0v) is 13.4. The summed E-state index contributed by atoms with van der Waals surface area (Å²) in [6.45, 7) is 2.18. The summed E-state index contributed by atoms with van der Waals surface area (Å²) in [5.74, 6) is 0. The molecule has 1 nitrogen and oxygen atoms in total. The third-order valence-corrected chi connectivity index (χ3v) is 5.26. The molecule has 2 heteroatoms. The lowest BCUT2D eigenvalue weighted by Crippen LogP contribution is -2.00. The molecule has 1 aliphatic carbocycles. The molecule has 0 N–H and O–H groups in total. The summed E-state index contributed by atoms with van der Waals surface area (Å²) >= 11 is -0.128. The van der Waals surface area contributed by atoms with Crippen molar-refractivity contribution in [2.45, 2.75) is 11.8 Å². The van der Waals surface area contributed by atoms with E-state index in [1.54, 1.807) is 7.11 Å². The highest BCUT2D eigenvalue weighted by Gasteiger charge is 2.16. The third kappa shape index (κ3) is 2.82. The smallest absolute Gasteiger partial charge is 0.171 e. The highest BCUT2D eigenvalue weighted by molar-refractivity contribution is 7.91. The Morgan fingerprint density at radius 1 is 1.00 bits per heavy atom. The van der Waals surface area contributed by atoms with Gasteiger partial charge in [-0.2, -0.15) is 4.18 Å². The summed E-state index contributed by atoms with van der Waals surface area (Å²) in [4.78, 5) is 1.23. The van der Waals surface area contributed by atoms with Crippen molar-refractivity contribution in [3.8, 4) is 0 Å². The Bertz CT molecular complexity index is 711. The van der Waals surface area contributed by atoms with Crippen LogP contribution < -0.4 is 0 Å². The maximum Gasteiger partial charge on any atom is 0.189 e. The molecule has 3 rings (SSSR count). The molecule has 0 saturated heterocycles. The maximum absolute atomic E-state index is 5.38. The monoisotopic (exact) mass is 295 g/mol. The van der Waals surface area contributed by atoms with Crippen molar-refractivity contribution in [3.63, 3.8) is 0 Å². The van der Waals surface area contributed by atoms with Crippen LogP contribution in [0.2, 0.25) is 0 Å². The molecule has 0 spiro atoms. The lowest BCUT2D eigenvalue weighted by Gasteiger charge is -2.04. The molecule has 1 atom stereocenters. The zero-order valence-electron chi connectivity index (χ0n) is 12.6. The Morgan fingerprint density at radius 2 is 1.71 bits per heavy atom. The minimum atomic E-state index is -0.128. The highest BCUT2D eigenvalue weighted by Crippen LogP contribution is 2.36. The van der Waals surface area contributed by atoms with Gasteiger partial charge in [0.2, 0.25) is 0 Å². The number of rotatable bonds is 3. The van der Waals surface area contributed by atoms with Crippen LogP contribution in [0.1, 0.15) is 23.6 Å². The number of hydrogen-bond donors (Lipinski definition) is 0. The van der Waals surface area contributed by atoms with Crippen molar-refractivity contribution >= 4 is 28.9 Å². The first-order valence-corrected chi connectivity index (χ1v) is 8.55. The molecule has 0 saturated carbocycles. The Hall–Kier alpha value is -1.77. The minimum absolute atomic E-state index is 0.128. The van der Waals surface area contributed by atoms with E-state index >= 15 is 0 Å². The molecule has 0 aromatic heterocycles. The lowest BCUT2D eigenvalue weighted by molar-refractivity contribution is 0.475. The van der Waals surface area contributed by atoms with Crippen molar-refractivity contribution in [2.24, 2.45) is 0 Å². The van der Waals surface area contributed by atoms with E-state index in [0.29, 0.717) is 0 Å². The largest absolute Gasteiger partial charge is 0.189 e. The molecule has 1 unspecified atom stereocenters. The van der Waals surface area contributed by atoms with E-state index in [1.165, 1.54) is 32.7 Å². The molecule has 2 aromatic rings. The molecule has 0 radical (unpaired) electrons. The molecule has 21 heavy (non-hydrogen) atoms. The van der Waals surface area contributed by atoms with Crippen LogP contribution in [-0.4, -0.2) is 13.4 Å². The second-order valence-corrected chi connectivity index (χ2v) is 6.88. The summed E-state index contributed by atoms with van der Waals surface area (Å²) in [5, 5.41) is 0. The van der Waals surface area contributed by atoms with Crippen molar-refractivity contribution < 1.29 is 4.18 Å². The molecule has 2 aromatic carbocycles. The zero-order chi connectivity index (χ0) is 14.8. The van der Waals surface area contributed by atoms with Crippen LogP contribution in [0.3, 0.4) is 0 Å². The van der Waals surface area contributed by atoms with Gasteiger partial charge in [0.1, 0.15) is 6.26 Å². The summed E-state index contributed by atoms with van der Waals surface area (Å²) in [6.07, 6.45) is 6.61. The highest BCUT2D eigenvalue weighted by atomic mass is 32.2. The number of hydrogen-bond acceptors (Lipinski definition) is 1. The fourth-order valence-electron chi connectivity index (χ4n) is 2.60. The molecular weight excluding hydrogens is 276 g/mol. The van der Waals surface area contributed by atoms with E-state index < -0.39 is 0 Å².